The van der Waals surface area contributed by atoms with Crippen LogP contribution >= 0.6 is 0 Å². The van der Waals surface area contributed by atoms with E-state index in [2.05, 4.69) is 10.3 Å². The van der Waals surface area contributed by atoms with Crippen LogP contribution in [0.3, 0.4) is 0 Å². The first kappa shape index (κ1) is 20.8. The number of nitrogens with two attached hydrogens (primary N) is 1. The van der Waals surface area contributed by atoms with Crippen LogP contribution in [-0.2, 0) is 0 Å². The van der Waals surface area contributed by atoms with Gasteiger partial charge in [-0.05, 0) is 43.2 Å². The van der Waals surface area contributed by atoms with Gasteiger partial charge >= 0.3 is 0 Å². The number of nitrogens with one attached hydrogen (secondary N) is 1. The van der Waals surface area contributed by atoms with Crippen molar-refractivity contribution in [3.8, 4) is 17.2 Å². The van der Waals surface area contributed by atoms with Crippen LogP contribution in [0.2, 0.25) is 0 Å². The van der Waals surface area contributed by atoms with E-state index >= 15 is 0 Å². The molecule has 0 aliphatic carbocycles. The van der Waals surface area contributed by atoms with Gasteiger partial charge in [0.05, 0.1) is 22.5 Å². The molecule has 1 atom stereocenters. The second-order valence-corrected chi connectivity index (χ2v) is 7.97. The van der Waals surface area contributed by atoms with Crippen LogP contribution in [0.5, 0.6) is 17.2 Å². The molecule has 3 N–H and O–H groups in total. The number of rotatable bonds is 6. The lowest BCUT2D eigenvalue weighted by Gasteiger charge is -2.25. The molecule has 0 saturated heterocycles. The molecule has 0 spiro atoms. The average Bonchev–Trinajstić information content (AvgIpc) is 2.75. The van der Waals surface area contributed by atoms with Gasteiger partial charge in [0, 0.05) is 11.4 Å². The van der Waals surface area contributed by atoms with Crippen LogP contribution in [0.4, 0.5) is 5.69 Å². The molecule has 31 heavy (non-hydrogen) atoms. The molecule has 1 amide bonds. The Hall–Kier alpha value is -3.48. The molecule has 7 heteroatoms. The maximum absolute atomic E-state index is 13.0. The Kier molecular flexibility index (Phi) is 5.84. The summed E-state index contributed by atoms with van der Waals surface area (Å²) in [5, 5.41) is 3.86. The second-order valence-electron chi connectivity index (χ2n) is 7.97. The van der Waals surface area contributed by atoms with E-state index in [1.54, 1.807) is 18.2 Å². The molecule has 2 heterocycles. The average molecular weight is 421 g/mol. The van der Waals surface area contributed by atoms with Crippen LogP contribution in [0.1, 0.15) is 29.9 Å². The molecule has 3 aromatic rings. The number of carbonyl (C=O) groups is 1. The fraction of sp³-hybridized carbons (Fsp3) is 0.333. The summed E-state index contributed by atoms with van der Waals surface area (Å²) in [5.41, 5.74) is 8.95. The van der Waals surface area contributed by atoms with Gasteiger partial charge in [-0.2, -0.15) is 0 Å². The molecule has 0 fully saturated rings. The maximum atomic E-state index is 13.0. The van der Waals surface area contributed by atoms with Crippen LogP contribution < -0.4 is 25.3 Å². The third-order valence-corrected chi connectivity index (χ3v) is 5.30. The van der Waals surface area contributed by atoms with Crippen LogP contribution in [0.25, 0.3) is 10.9 Å². The molecule has 1 aromatic heterocycles. The van der Waals surface area contributed by atoms with E-state index in [1.807, 2.05) is 45.0 Å². The molecule has 0 bridgehead atoms. The van der Waals surface area contributed by atoms with Crippen molar-refractivity contribution in [1.82, 2.24) is 10.3 Å². The number of carbonyl (C=O) groups excluding carboxylic acids is 1. The second kappa shape index (κ2) is 8.71. The molecule has 2 aromatic carbocycles. The molecule has 0 saturated carbocycles. The Balaban J connectivity index is 1.52. The van der Waals surface area contributed by atoms with Gasteiger partial charge in [0.2, 0.25) is 0 Å². The Morgan fingerprint density at radius 1 is 1.19 bits per heavy atom. The van der Waals surface area contributed by atoms with E-state index in [-0.39, 0.29) is 17.9 Å². The van der Waals surface area contributed by atoms with E-state index in [4.69, 9.17) is 19.9 Å². The number of nitrogen functional groups attached to an aromatic ring is 1. The monoisotopic (exact) mass is 421 g/mol. The highest BCUT2D eigenvalue weighted by Gasteiger charge is 2.24. The summed E-state index contributed by atoms with van der Waals surface area (Å²) >= 11 is 0. The molecular formula is C24H27N3O4. The molecule has 162 valence electrons. The van der Waals surface area contributed by atoms with Crippen molar-refractivity contribution < 1.29 is 19.0 Å². The number of nitrogens with zero attached hydrogens (tertiary/aromatic N) is 1. The SMILES string of the molecule is Cc1cc(N)c2c(OC[C@@H](NC(=O)c3cccc4c3OCCO4)C(C)C)cccc2n1. The molecule has 0 radical (unpaired) electrons. The number of hydrogen-bond acceptors (Lipinski definition) is 6. The Morgan fingerprint density at radius 2 is 1.97 bits per heavy atom. The summed E-state index contributed by atoms with van der Waals surface area (Å²) in [6.45, 7) is 7.17. The Bertz CT molecular complexity index is 1110. The van der Waals surface area contributed by atoms with Crippen molar-refractivity contribution in [2.75, 3.05) is 25.6 Å². The number of pyridine rings is 1. The summed E-state index contributed by atoms with van der Waals surface area (Å²) < 4.78 is 17.4. The number of para-hydroxylation sites is 1. The lowest BCUT2D eigenvalue weighted by molar-refractivity contribution is 0.0894. The first-order valence-corrected chi connectivity index (χ1v) is 10.4. The van der Waals surface area contributed by atoms with Gasteiger partial charge < -0.3 is 25.3 Å². The smallest absolute Gasteiger partial charge is 0.255 e. The van der Waals surface area contributed by atoms with Crippen LogP contribution in [0.15, 0.2) is 42.5 Å². The molecule has 4 rings (SSSR count). The highest BCUT2D eigenvalue weighted by atomic mass is 16.6. The molecule has 1 aliphatic rings. The number of anilines is 1. The molecular weight excluding hydrogens is 394 g/mol. The van der Waals surface area contributed by atoms with Gasteiger partial charge in [-0.3, -0.25) is 9.78 Å². The first-order valence-electron chi connectivity index (χ1n) is 10.4. The standard InChI is InChI=1S/C24H27N3O4/c1-14(2)19(27-24(28)16-6-4-9-21-23(16)30-11-10-29-21)13-31-20-8-5-7-18-22(20)17(25)12-15(3)26-18/h4-9,12,14,19H,10-11,13H2,1-3H3,(H2,25,26)(H,27,28)/t19-/m1/s1. The summed E-state index contributed by atoms with van der Waals surface area (Å²) in [7, 11) is 0. The number of hydrogen-bond donors (Lipinski definition) is 2. The van der Waals surface area contributed by atoms with Crippen LogP contribution in [0, 0.1) is 12.8 Å². The zero-order valence-corrected chi connectivity index (χ0v) is 18.0. The van der Waals surface area contributed by atoms with Crippen LogP contribution in [-0.4, -0.2) is 36.8 Å². The van der Waals surface area contributed by atoms with Crippen molar-refractivity contribution in [3.63, 3.8) is 0 Å². The minimum Gasteiger partial charge on any atom is -0.491 e. The third kappa shape index (κ3) is 4.35. The number of amides is 1. The number of benzene rings is 2. The normalized spacial score (nSPS) is 13.8. The predicted molar refractivity (Wildman–Crippen MR) is 120 cm³/mol. The summed E-state index contributed by atoms with van der Waals surface area (Å²) in [4.78, 5) is 17.5. The maximum Gasteiger partial charge on any atom is 0.255 e. The van der Waals surface area contributed by atoms with E-state index in [0.29, 0.717) is 48.3 Å². The number of ether oxygens (including phenoxy) is 3. The van der Waals surface area contributed by atoms with Gasteiger partial charge in [0.15, 0.2) is 11.5 Å². The summed E-state index contributed by atoms with van der Waals surface area (Å²) in [6.07, 6.45) is 0. The van der Waals surface area contributed by atoms with E-state index in [9.17, 15) is 4.79 Å². The van der Waals surface area contributed by atoms with Gasteiger partial charge in [-0.15, -0.1) is 0 Å². The van der Waals surface area contributed by atoms with Gasteiger partial charge in [0.1, 0.15) is 25.6 Å². The zero-order valence-electron chi connectivity index (χ0n) is 18.0. The highest BCUT2D eigenvalue weighted by Crippen LogP contribution is 2.34. The van der Waals surface area contributed by atoms with E-state index in [0.717, 1.165) is 16.6 Å². The quantitative estimate of drug-likeness (QED) is 0.630. The van der Waals surface area contributed by atoms with E-state index < -0.39 is 0 Å². The zero-order chi connectivity index (χ0) is 22.0. The van der Waals surface area contributed by atoms with Gasteiger partial charge in [0.25, 0.3) is 5.91 Å². The molecule has 7 nitrogen and oxygen atoms in total. The van der Waals surface area contributed by atoms with Crippen molar-refractivity contribution in [2.45, 2.75) is 26.8 Å². The lowest BCUT2D eigenvalue weighted by atomic mass is 10.0. The molecule has 0 unspecified atom stereocenters. The topological polar surface area (TPSA) is 95.7 Å². The minimum absolute atomic E-state index is 0.147. The van der Waals surface area contributed by atoms with E-state index in [1.165, 1.54) is 0 Å². The predicted octanol–water partition coefficient (Wildman–Crippen LogP) is 3.73. The lowest BCUT2D eigenvalue weighted by Crippen LogP contribution is -2.43. The summed E-state index contributed by atoms with van der Waals surface area (Å²) in [5.74, 6) is 1.65. The number of aromatic nitrogens is 1. The van der Waals surface area contributed by atoms with Gasteiger partial charge in [-0.1, -0.05) is 26.0 Å². The highest BCUT2D eigenvalue weighted by molar-refractivity contribution is 5.98. The largest absolute Gasteiger partial charge is 0.491 e. The van der Waals surface area contributed by atoms with Crippen molar-refractivity contribution in [1.29, 1.82) is 0 Å². The Labute approximate surface area is 181 Å². The summed E-state index contributed by atoms with van der Waals surface area (Å²) in [6, 6.07) is 12.6. The number of fused-ring (bicyclic) bond motifs is 2. The van der Waals surface area contributed by atoms with Crippen molar-refractivity contribution in [2.24, 2.45) is 5.92 Å². The fourth-order valence-corrected chi connectivity index (χ4v) is 3.62. The third-order valence-electron chi connectivity index (χ3n) is 5.30. The fourth-order valence-electron chi connectivity index (χ4n) is 3.62. The van der Waals surface area contributed by atoms with Crippen molar-refractivity contribution in [3.05, 3.63) is 53.7 Å². The number of aryl methyl sites for hydroxylation is 1. The molecule has 1 aliphatic heterocycles. The Morgan fingerprint density at radius 3 is 2.77 bits per heavy atom. The van der Waals surface area contributed by atoms with Crippen molar-refractivity contribution >= 4 is 22.5 Å². The minimum atomic E-state index is -0.223. The van der Waals surface area contributed by atoms with Gasteiger partial charge in [-0.25, -0.2) is 0 Å². The first-order chi connectivity index (χ1) is 14.9.